The fraction of sp³-hybridized carbons (Fsp3) is 0.720. The molecule has 0 aromatic carbocycles. The van der Waals surface area contributed by atoms with Gasteiger partial charge in [-0.15, -0.1) is 0 Å². The number of hydrogen-bond donors (Lipinski definition) is 1. The number of cyclic esters (lactones) is 1. The zero-order valence-electron chi connectivity index (χ0n) is 18.6. The number of ether oxygens (including phenoxy) is 2. The van der Waals surface area contributed by atoms with Crippen LogP contribution in [0.15, 0.2) is 34.4 Å². The molecular weight excluding hydrogens is 364 g/mol. The molecule has 0 aromatic heterocycles. The third-order valence-electron chi connectivity index (χ3n) is 7.03. The molecule has 1 aliphatic carbocycles. The Morgan fingerprint density at radius 1 is 1.34 bits per heavy atom. The molecule has 3 rings (SSSR count). The maximum Gasteiger partial charge on any atom is 0.306 e. The van der Waals surface area contributed by atoms with Gasteiger partial charge in [-0.3, -0.25) is 4.79 Å². The predicted octanol–water partition coefficient (Wildman–Crippen LogP) is 5.62. The van der Waals surface area contributed by atoms with E-state index in [-0.39, 0.29) is 18.0 Å². The van der Waals surface area contributed by atoms with Gasteiger partial charge >= 0.3 is 5.97 Å². The molecule has 1 saturated heterocycles. The van der Waals surface area contributed by atoms with E-state index in [2.05, 4.69) is 39.8 Å². The quantitative estimate of drug-likeness (QED) is 0.444. The molecule has 1 fully saturated rings. The van der Waals surface area contributed by atoms with Crippen LogP contribution in [0.2, 0.25) is 0 Å². The smallest absolute Gasteiger partial charge is 0.306 e. The Labute approximate surface area is 176 Å². The zero-order chi connectivity index (χ0) is 21.0. The zero-order valence-corrected chi connectivity index (χ0v) is 18.6. The van der Waals surface area contributed by atoms with E-state index in [1.807, 2.05) is 0 Å². The van der Waals surface area contributed by atoms with Crippen molar-refractivity contribution in [2.45, 2.75) is 97.9 Å². The number of aliphatic hydroxyl groups is 1. The van der Waals surface area contributed by atoms with E-state index < -0.39 is 6.29 Å². The third kappa shape index (κ3) is 5.82. The van der Waals surface area contributed by atoms with Crippen LogP contribution in [0.25, 0.3) is 0 Å². The summed E-state index contributed by atoms with van der Waals surface area (Å²) in [5, 5.41) is 10.3. The standard InChI is InChI=1S/C25H38O4/c1-17(10-12-21-18(2)8-6-14-25(21,3)4)7-5-9-19-11-13-22(29-24(19)27)20-15-23(26)28-16-20/h7,11,20,22,24,27H,5-6,8-10,12-16H2,1-4H3. The molecule has 162 valence electrons. The van der Waals surface area contributed by atoms with Crippen LogP contribution in [0.3, 0.4) is 0 Å². The van der Waals surface area contributed by atoms with Crippen molar-refractivity contribution in [1.29, 1.82) is 0 Å². The average molecular weight is 403 g/mol. The first-order valence-electron chi connectivity index (χ1n) is 11.3. The summed E-state index contributed by atoms with van der Waals surface area (Å²) < 4.78 is 10.8. The van der Waals surface area contributed by atoms with Crippen LogP contribution >= 0.6 is 0 Å². The maximum absolute atomic E-state index is 11.3. The van der Waals surface area contributed by atoms with Crippen LogP contribution in [-0.2, 0) is 14.3 Å². The Bertz CT molecular complexity index is 698. The molecule has 29 heavy (non-hydrogen) atoms. The van der Waals surface area contributed by atoms with E-state index in [4.69, 9.17) is 9.47 Å². The highest BCUT2D eigenvalue weighted by atomic mass is 16.6. The molecule has 3 unspecified atom stereocenters. The van der Waals surface area contributed by atoms with E-state index in [0.717, 1.165) is 31.3 Å². The lowest BCUT2D eigenvalue weighted by molar-refractivity contribution is -0.137. The molecule has 1 N–H and O–H groups in total. The van der Waals surface area contributed by atoms with E-state index in [1.54, 1.807) is 11.1 Å². The summed E-state index contributed by atoms with van der Waals surface area (Å²) in [5.41, 5.74) is 6.00. The van der Waals surface area contributed by atoms with Gasteiger partial charge in [-0.05, 0) is 76.2 Å². The average Bonchev–Trinajstić information content (AvgIpc) is 3.08. The van der Waals surface area contributed by atoms with Gasteiger partial charge in [-0.2, -0.15) is 0 Å². The third-order valence-corrected chi connectivity index (χ3v) is 7.03. The van der Waals surface area contributed by atoms with Gasteiger partial charge < -0.3 is 14.6 Å². The van der Waals surface area contributed by atoms with Crippen molar-refractivity contribution in [3.8, 4) is 0 Å². The van der Waals surface area contributed by atoms with Crippen molar-refractivity contribution in [3.05, 3.63) is 34.4 Å². The van der Waals surface area contributed by atoms with Crippen molar-refractivity contribution in [1.82, 2.24) is 0 Å². The van der Waals surface area contributed by atoms with Crippen LogP contribution in [0.5, 0.6) is 0 Å². The summed E-state index contributed by atoms with van der Waals surface area (Å²) in [6.07, 6.45) is 12.5. The largest absolute Gasteiger partial charge is 0.465 e. The molecule has 2 aliphatic heterocycles. The fourth-order valence-corrected chi connectivity index (χ4v) is 5.11. The number of carbonyl (C=O) groups excluding carboxylic acids is 1. The number of rotatable bonds is 7. The summed E-state index contributed by atoms with van der Waals surface area (Å²) in [6.45, 7) is 9.73. The van der Waals surface area contributed by atoms with Crippen molar-refractivity contribution in [3.63, 3.8) is 0 Å². The number of carbonyl (C=O) groups is 1. The molecule has 0 spiro atoms. The van der Waals surface area contributed by atoms with Crippen molar-refractivity contribution < 1.29 is 19.4 Å². The Kier molecular flexibility index (Phi) is 7.39. The lowest BCUT2D eigenvalue weighted by Crippen LogP contribution is -2.33. The highest BCUT2D eigenvalue weighted by molar-refractivity contribution is 5.71. The molecule has 0 radical (unpaired) electrons. The second kappa shape index (κ2) is 9.61. The van der Waals surface area contributed by atoms with Crippen molar-refractivity contribution >= 4 is 5.97 Å². The maximum atomic E-state index is 11.3. The number of esters is 1. The van der Waals surface area contributed by atoms with Gasteiger partial charge in [0.15, 0.2) is 6.29 Å². The van der Waals surface area contributed by atoms with Gasteiger partial charge in [0.1, 0.15) is 0 Å². The second-order valence-corrected chi connectivity index (χ2v) is 9.77. The number of allylic oxidation sites excluding steroid dienone is 4. The first-order chi connectivity index (χ1) is 13.8. The van der Waals surface area contributed by atoms with Crippen LogP contribution < -0.4 is 0 Å². The summed E-state index contributed by atoms with van der Waals surface area (Å²) in [7, 11) is 0. The molecule has 0 aromatic rings. The van der Waals surface area contributed by atoms with Gasteiger partial charge in [-0.25, -0.2) is 0 Å². The van der Waals surface area contributed by atoms with Gasteiger partial charge in [0, 0.05) is 5.92 Å². The first kappa shape index (κ1) is 22.3. The van der Waals surface area contributed by atoms with Crippen LogP contribution in [0.1, 0.15) is 85.5 Å². The monoisotopic (exact) mass is 402 g/mol. The van der Waals surface area contributed by atoms with Gasteiger partial charge in [0.05, 0.1) is 19.1 Å². The molecule has 0 amide bonds. The van der Waals surface area contributed by atoms with Crippen molar-refractivity contribution in [2.24, 2.45) is 11.3 Å². The highest BCUT2D eigenvalue weighted by Crippen LogP contribution is 2.42. The van der Waals surface area contributed by atoms with Gasteiger partial charge in [0.25, 0.3) is 0 Å². The number of aliphatic hydroxyl groups excluding tert-OH is 1. The minimum Gasteiger partial charge on any atom is -0.465 e. The summed E-state index contributed by atoms with van der Waals surface area (Å²) in [6, 6.07) is 0. The minimum atomic E-state index is -0.853. The van der Waals surface area contributed by atoms with E-state index in [0.29, 0.717) is 18.4 Å². The Morgan fingerprint density at radius 3 is 2.79 bits per heavy atom. The normalized spacial score (nSPS) is 30.4. The first-order valence-corrected chi connectivity index (χ1v) is 11.3. The SMILES string of the molecule is CC(=CCCC1=CCC(C2COC(=O)C2)OC1O)CCC1=C(C)CCCC1(C)C. The Morgan fingerprint density at radius 2 is 2.14 bits per heavy atom. The lowest BCUT2D eigenvalue weighted by atomic mass is 9.71. The van der Waals surface area contributed by atoms with Crippen LogP contribution in [0, 0.1) is 11.3 Å². The molecule has 3 aliphatic rings. The molecular formula is C25H38O4. The van der Waals surface area contributed by atoms with E-state index >= 15 is 0 Å². The summed E-state index contributed by atoms with van der Waals surface area (Å²) >= 11 is 0. The summed E-state index contributed by atoms with van der Waals surface area (Å²) in [4.78, 5) is 11.3. The molecule has 4 heteroatoms. The molecule has 3 atom stereocenters. The minimum absolute atomic E-state index is 0.0684. The van der Waals surface area contributed by atoms with Gasteiger partial charge in [-0.1, -0.05) is 42.7 Å². The van der Waals surface area contributed by atoms with E-state index in [9.17, 15) is 9.90 Å². The second-order valence-electron chi connectivity index (χ2n) is 9.77. The van der Waals surface area contributed by atoms with Gasteiger partial charge in [0.2, 0.25) is 0 Å². The highest BCUT2D eigenvalue weighted by Gasteiger charge is 2.35. The van der Waals surface area contributed by atoms with Crippen LogP contribution in [0.4, 0.5) is 0 Å². The molecule has 0 bridgehead atoms. The Hall–Kier alpha value is -1.39. The van der Waals surface area contributed by atoms with Crippen molar-refractivity contribution in [2.75, 3.05) is 6.61 Å². The fourth-order valence-electron chi connectivity index (χ4n) is 5.11. The van der Waals surface area contributed by atoms with Crippen LogP contribution in [-0.4, -0.2) is 30.1 Å². The predicted molar refractivity (Wildman–Crippen MR) is 115 cm³/mol. The lowest BCUT2D eigenvalue weighted by Gasteiger charge is -2.35. The topological polar surface area (TPSA) is 55.8 Å². The molecule has 0 saturated carbocycles. The summed E-state index contributed by atoms with van der Waals surface area (Å²) in [5.74, 6) is -0.0926. The Balaban J connectivity index is 1.45. The van der Waals surface area contributed by atoms with E-state index in [1.165, 1.54) is 31.3 Å². The number of hydrogen-bond acceptors (Lipinski definition) is 4. The molecule has 2 heterocycles. The molecule has 4 nitrogen and oxygen atoms in total.